The molecule has 0 aliphatic heterocycles. The van der Waals surface area contributed by atoms with E-state index in [9.17, 15) is 9.50 Å². The van der Waals surface area contributed by atoms with Gasteiger partial charge in [-0.25, -0.2) is 4.39 Å². The summed E-state index contributed by atoms with van der Waals surface area (Å²) in [5.41, 5.74) is -0.347. The minimum atomic E-state index is -1.03. The number of nitrogens with one attached hydrogen (secondary N) is 1. The van der Waals surface area contributed by atoms with Gasteiger partial charge in [-0.3, -0.25) is 0 Å². The zero-order valence-electron chi connectivity index (χ0n) is 10.5. The van der Waals surface area contributed by atoms with Crippen molar-refractivity contribution in [1.29, 1.82) is 0 Å². The first-order valence-electron chi connectivity index (χ1n) is 5.91. The van der Waals surface area contributed by atoms with Crippen LogP contribution in [0.1, 0.15) is 17.4 Å². The highest BCUT2D eigenvalue weighted by atomic mass is 35.5. The predicted octanol–water partition coefficient (Wildman–Crippen LogP) is 3.54. The Morgan fingerprint density at radius 3 is 2.53 bits per heavy atom. The van der Waals surface area contributed by atoms with Crippen LogP contribution in [0, 0.1) is 5.82 Å². The Balaban J connectivity index is 1.92. The van der Waals surface area contributed by atoms with Crippen molar-refractivity contribution in [3.05, 3.63) is 57.0 Å². The molecule has 1 aromatic carbocycles. The van der Waals surface area contributed by atoms with E-state index in [1.165, 1.54) is 23.5 Å². The Morgan fingerprint density at radius 1 is 1.26 bits per heavy atom. The Morgan fingerprint density at radius 2 is 1.95 bits per heavy atom. The van der Waals surface area contributed by atoms with Gasteiger partial charge in [0, 0.05) is 18.0 Å². The average molecular weight is 300 g/mol. The molecule has 0 spiro atoms. The van der Waals surface area contributed by atoms with Crippen molar-refractivity contribution in [2.75, 3.05) is 6.54 Å². The zero-order chi connectivity index (χ0) is 13.9. The molecule has 2 N–H and O–H groups in total. The number of aliphatic hydroxyl groups is 1. The maximum absolute atomic E-state index is 12.8. The number of benzene rings is 1. The second kappa shape index (κ2) is 6.01. The van der Waals surface area contributed by atoms with Crippen LogP contribution in [-0.2, 0) is 12.1 Å². The molecule has 2 rings (SSSR count). The van der Waals surface area contributed by atoms with Gasteiger partial charge in [0.2, 0.25) is 0 Å². The predicted molar refractivity (Wildman–Crippen MR) is 77.0 cm³/mol. The van der Waals surface area contributed by atoms with Gasteiger partial charge in [-0.1, -0.05) is 23.7 Å². The maximum Gasteiger partial charge on any atom is 0.123 e. The number of hydrogen-bond donors (Lipinski definition) is 2. The Hall–Kier alpha value is -0.940. The van der Waals surface area contributed by atoms with Crippen molar-refractivity contribution >= 4 is 22.9 Å². The van der Waals surface area contributed by atoms with Crippen LogP contribution in [0.3, 0.4) is 0 Å². The molecule has 0 radical (unpaired) electrons. The summed E-state index contributed by atoms with van der Waals surface area (Å²) in [5.74, 6) is -0.305. The molecule has 0 saturated carbocycles. The molecule has 0 fully saturated rings. The maximum atomic E-state index is 12.8. The van der Waals surface area contributed by atoms with Crippen LogP contribution < -0.4 is 5.32 Å². The summed E-state index contributed by atoms with van der Waals surface area (Å²) >= 11 is 7.35. The number of halogens is 2. The number of thiophene rings is 1. The summed E-state index contributed by atoms with van der Waals surface area (Å²) < 4.78 is 13.6. The molecule has 1 heterocycles. The summed E-state index contributed by atoms with van der Waals surface area (Å²) in [6.07, 6.45) is 0. The summed E-state index contributed by atoms with van der Waals surface area (Å²) in [4.78, 5) is 1.11. The van der Waals surface area contributed by atoms with Crippen LogP contribution in [0.2, 0.25) is 4.34 Å². The number of hydrogen-bond acceptors (Lipinski definition) is 3. The average Bonchev–Trinajstić information content (AvgIpc) is 2.75. The monoisotopic (exact) mass is 299 g/mol. The highest BCUT2D eigenvalue weighted by Gasteiger charge is 2.22. The minimum absolute atomic E-state index is 0.305. The third-order valence-electron chi connectivity index (χ3n) is 2.86. The molecule has 0 bridgehead atoms. The molecular formula is C14H15ClFNOS. The van der Waals surface area contributed by atoms with E-state index in [0.29, 0.717) is 18.7 Å². The fourth-order valence-corrected chi connectivity index (χ4v) is 2.84. The summed E-state index contributed by atoms with van der Waals surface area (Å²) in [7, 11) is 0. The first-order valence-corrected chi connectivity index (χ1v) is 7.10. The normalized spacial score (nSPS) is 14.3. The Kier molecular flexibility index (Phi) is 4.58. The van der Waals surface area contributed by atoms with Crippen molar-refractivity contribution < 1.29 is 9.50 Å². The Bertz CT molecular complexity index is 539. The van der Waals surface area contributed by atoms with Crippen LogP contribution >= 0.6 is 22.9 Å². The molecule has 1 atom stereocenters. The van der Waals surface area contributed by atoms with Gasteiger partial charge in [0.1, 0.15) is 5.82 Å². The third-order valence-corrected chi connectivity index (χ3v) is 4.09. The van der Waals surface area contributed by atoms with E-state index in [1.807, 2.05) is 12.1 Å². The molecule has 5 heteroatoms. The van der Waals surface area contributed by atoms with Gasteiger partial charge in [-0.2, -0.15) is 0 Å². The topological polar surface area (TPSA) is 32.3 Å². The molecule has 0 aliphatic rings. The van der Waals surface area contributed by atoms with Crippen LogP contribution in [0.5, 0.6) is 0 Å². The van der Waals surface area contributed by atoms with E-state index in [-0.39, 0.29) is 5.82 Å². The summed E-state index contributed by atoms with van der Waals surface area (Å²) in [5, 5.41) is 13.5. The summed E-state index contributed by atoms with van der Waals surface area (Å²) in [6, 6.07) is 9.69. The van der Waals surface area contributed by atoms with Crippen molar-refractivity contribution in [1.82, 2.24) is 5.32 Å². The lowest BCUT2D eigenvalue weighted by atomic mass is 9.96. The largest absolute Gasteiger partial charge is 0.384 e. The second-order valence-electron chi connectivity index (χ2n) is 4.59. The van der Waals surface area contributed by atoms with E-state index in [4.69, 9.17) is 11.6 Å². The van der Waals surface area contributed by atoms with E-state index in [0.717, 1.165) is 9.21 Å². The first-order chi connectivity index (χ1) is 8.97. The van der Waals surface area contributed by atoms with Gasteiger partial charge in [0.05, 0.1) is 9.94 Å². The smallest absolute Gasteiger partial charge is 0.123 e. The molecule has 0 aliphatic carbocycles. The van der Waals surface area contributed by atoms with Gasteiger partial charge in [-0.15, -0.1) is 11.3 Å². The van der Waals surface area contributed by atoms with Crippen molar-refractivity contribution in [3.63, 3.8) is 0 Å². The van der Waals surface area contributed by atoms with Crippen molar-refractivity contribution in [3.8, 4) is 0 Å². The van der Waals surface area contributed by atoms with Crippen LogP contribution in [0.4, 0.5) is 4.39 Å². The lowest BCUT2D eigenvalue weighted by molar-refractivity contribution is 0.0567. The Labute approximate surface area is 120 Å². The molecule has 0 amide bonds. The number of rotatable bonds is 5. The van der Waals surface area contributed by atoms with E-state index in [1.54, 1.807) is 19.1 Å². The van der Waals surface area contributed by atoms with Gasteiger partial charge < -0.3 is 10.4 Å². The van der Waals surface area contributed by atoms with Crippen molar-refractivity contribution in [2.24, 2.45) is 0 Å². The van der Waals surface area contributed by atoms with E-state index < -0.39 is 5.60 Å². The van der Waals surface area contributed by atoms with Gasteiger partial charge in [-0.05, 0) is 36.8 Å². The molecule has 19 heavy (non-hydrogen) atoms. The second-order valence-corrected chi connectivity index (χ2v) is 6.39. The molecule has 102 valence electrons. The molecule has 1 aromatic heterocycles. The molecule has 2 aromatic rings. The zero-order valence-corrected chi connectivity index (χ0v) is 12.1. The molecule has 1 unspecified atom stereocenters. The fourth-order valence-electron chi connectivity index (χ4n) is 1.79. The SMILES string of the molecule is CC(O)(CNCc1ccc(Cl)s1)c1ccc(F)cc1. The standard InChI is InChI=1S/C14H15ClFNOS/c1-14(18,10-2-4-11(16)5-3-10)9-17-8-12-6-7-13(15)19-12/h2-7,17-18H,8-9H2,1H3. The van der Waals surface area contributed by atoms with Crippen LogP contribution in [0.25, 0.3) is 0 Å². The van der Waals surface area contributed by atoms with E-state index in [2.05, 4.69) is 5.32 Å². The van der Waals surface area contributed by atoms with Crippen molar-refractivity contribution in [2.45, 2.75) is 19.1 Å². The molecule has 2 nitrogen and oxygen atoms in total. The van der Waals surface area contributed by atoms with Crippen LogP contribution in [-0.4, -0.2) is 11.7 Å². The quantitative estimate of drug-likeness (QED) is 0.885. The highest BCUT2D eigenvalue weighted by Crippen LogP contribution is 2.22. The third kappa shape index (κ3) is 4.01. The van der Waals surface area contributed by atoms with Gasteiger partial charge in [0.25, 0.3) is 0 Å². The minimum Gasteiger partial charge on any atom is -0.384 e. The van der Waals surface area contributed by atoms with E-state index >= 15 is 0 Å². The molecular weight excluding hydrogens is 285 g/mol. The van der Waals surface area contributed by atoms with Gasteiger partial charge in [0.15, 0.2) is 0 Å². The highest BCUT2D eigenvalue weighted by molar-refractivity contribution is 7.16. The first kappa shape index (κ1) is 14.5. The lowest BCUT2D eigenvalue weighted by Crippen LogP contribution is -2.35. The lowest BCUT2D eigenvalue weighted by Gasteiger charge is -2.24. The van der Waals surface area contributed by atoms with Crippen LogP contribution in [0.15, 0.2) is 36.4 Å². The molecule has 0 saturated heterocycles. The van der Waals surface area contributed by atoms with Gasteiger partial charge >= 0.3 is 0 Å². The fraction of sp³-hybridized carbons (Fsp3) is 0.286. The summed E-state index contributed by atoms with van der Waals surface area (Å²) in [6.45, 7) is 2.73.